The number of para-hydroxylation sites is 4. The number of benzene rings is 17. The third-order valence-electron chi connectivity index (χ3n) is 23.7. The van der Waals surface area contributed by atoms with Gasteiger partial charge in [-0.3, -0.25) is 0 Å². The maximum Gasteiger partial charge on any atom is 0.0465 e. The van der Waals surface area contributed by atoms with E-state index < -0.39 is 0 Å². The van der Waals surface area contributed by atoms with Gasteiger partial charge in [0.05, 0.1) is 0 Å². The van der Waals surface area contributed by atoms with Gasteiger partial charge in [-0.1, -0.05) is 343 Å². The lowest BCUT2D eigenvalue weighted by Gasteiger charge is -2.29. The number of hydrogen-bond acceptors (Lipinski definition) is 4. The van der Waals surface area contributed by atoms with Gasteiger partial charge < -0.3 is 19.6 Å². The lowest BCUT2D eigenvalue weighted by atomic mass is 9.79. The molecule has 0 spiro atoms. The molecule has 0 unspecified atom stereocenters. The first-order valence-corrected chi connectivity index (χ1v) is 41.5. The Hall–Kier alpha value is -14.6. The Labute approximate surface area is 702 Å². The molecule has 4 nitrogen and oxygen atoms in total. The Bertz CT molecular complexity index is 6260. The molecule has 4 heteroatoms. The van der Waals surface area contributed by atoms with Crippen LogP contribution in [0.25, 0.3) is 79.9 Å². The SMILES string of the molecule is Cc1ccc(N(c2ccc(-c3ccc(C=Cc4ccc(-c5ccc(N(c6ccccc6)c6ccccc6)cc5)cc4)cc3)cc2)c2ccc(C(C)(C)CCc3ccc(N(c4ccc(-c5ccc(C=Cc6ccc(-c7ccc(N(c8ccccc8)c8ccccc8)cc7)cc6)cc5)cc4)c4ccc5c(c4)C(C)(C)c4ccccc4-5)cc3)cc2)cc1. The van der Waals surface area contributed by atoms with Gasteiger partial charge in [-0.15, -0.1) is 0 Å². The lowest BCUT2D eigenvalue weighted by molar-refractivity contribution is 0.480. The van der Waals surface area contributed by atoms with Crippen LogP contribution in [0.2, 0.25) is 0 Å². The first kappa shape index (κ1) is 75.8. The number of fused-ring (bicyclic) bond motifs is 3. The van der Waals surface area contributed by atoms with Crippen LogP contribution in [-0.4, -0.2) is 0 Å². The van der Waals surface area contributed by atoms with Crippen LogP contribution in [0.4, 0.5) is 68.2 Å². The molecule has 0 saturated heterocycles. The van der Waals surface area contributed by atoms with E-state index in [-0.39, 0.29) is 10.8 Å². The molecule has 1 aliphatic carbocycles. The monoisotopic (exact) mass is 1530 g/mol. The van der Waals surface area contributed by atoms with Crippen molar-refractivity contribution in [2.75, 3.05) is 19.6 Å². The zero-order valence-corrected chi connectivity index (χ0v) is 68.0. The van der Waals surface area contributed by atoms with Gasteiger partial charge in [-0.2, -0.15) is 0 Å². The van der Waals surface area contributed by atoms with Crippen LogP contribution in [0.15, 0.2) is 431 Å². The molecule has 0 heterocycles. The fourth-order valence-corrected chi connectivity index (χ4v) is 16.8. The van der Waals surface area contributed by atoms with Gasteiger partial charge in [-0.25, -0.2) is 0 Å². The lowest BCUT2D eigenvalue weighted by Crippen LogP contribution is -2.18. The van der Waals surface area contributed by atoms with Crippen LogP contribution in [0.3, 0.4) is 0 Å². The molecular formula is C115H94N4. The average molecular weight is 1530 g/mol. The fourth-order valence-electron chi connectivity index (χ4n) is 16.8. The van der Waals surface area contributed by atoms with Crippen LogP contribution in [0.5, 0.6) is 0 Å². The van der Waals surface area contributed by atoms with E-state index in [1.807, 2.05) is 0 Å². The van der Waals surface area contributed by atoms with Crippen molar-refractivity contribution in [2.45, 2.75) is 58.3 Å². The summed E-state index contributed by atoms with van der Waals surface area (Å²) in [7, 11) is 0. The zero-order valence-electron chi connectivity index (χ0n) is 68.0. The van der Waals surface area contributed by atoms with Crippen LogP contribution in [0.1, 0.15) is 84.2 Å². The molecule has 1 aliphatic rings. The molecule has 0 N–H and O–H groups in total. The molecule has 0 atom stereocenters. The summed E-state index contributed by atoms with van der Waals surface area (Å²) in [4.78, 5) is 9.39. The number of rotatable bonds is 24. The zero-order chi connectivity index (χ0) is 80.7. The first-order chi connectivity index (χ1) is 58.3. The van der Waals surface area contributed by atoms with E-state index in [0.29, 0.717) is 0 Å². The normalized spacial score (nSPS) is 12.1. The van der Waals surface area contributed by atoms with Crippen molar-refractivity contribution in [3.63, 3.8) is 0 Å². The summed E-state index contributed by atoms with van der Waals surface area (Å²) in [6.07, 6.45) is 10.7. The van der Waals surface area contributed by atoms with Crippen molar-refractivity contribution >= 4 is 92.6 Å². The molecule has 0 amide bonds. The average Bonchev–Trinajstić information content (AvgIpc) is 1.57. The third kappa shape index (κ3) is 16.6. The van der Waals surface area contributed by atoms with Crippen LogP contribution in [-0.2, 0) is 17.3 Å². The summed E-state index contributed by atoms with van der Waals surface area (Å²) in [5.74, 6) is 0. The highest BCUT2D eigenvalue weighted by molar-refractivity contribution is 5.88. The smallest absolute Gasteiger partial charge is 0.0465 e. The van der Waals surface area contributed by atoms with Gasteiger partial charge in [0.15, 0.2) is 0 Å². The van der Waals surface area contributed by atoms with E-state index >= 15 is 0 Å². The van der Waals surface area contributed by atoms with Crippen LogP contribution in [0, 0.1) is 6.92 Å². The van der Waals surface area contributed by atoms with Crippen molar-refractivity contribution in [1.82, 2.24) is 0 Å². The third-order valence-corrected chi connectivity index (χ3v) is 23.7. The molecule has 0 aliphatic heterocycles. The summed E-state index contributed by atoms with van der Waals surface area (Å²) >= 11 is 0. The molecule has 17 aromatic carbocycles. The molecule has 0 fully saturated rings. The molecule has 18 rings (SSSR count). The summed E-state index contributed by atoms with van der Waals surface area (Å²) in [5.41, 5.74) is 36.5. The summed E-state index contributed by atoms with van der Waals surface area (Å²) < 4.78 is 0. The molecule has 0 bridgehead atoms. The molecule has 119 heavy (non-hydrogen) atoms. The first-order valence-electron chi connectivity index (χ1n) is 41.5. The second kappa shape index (κ2) is 33.7. The quantitative estimate of drug-likeness (QED) is 0.0559. The molecular weight excluding hydrogens is 1440 g/mol. The van der Waals surface area contributed by atoms with Gasteiger partial charge in [0.25, 0.3) is 0 Å². The van der Waals surface area contributed by atoms with Gasteiger partial charge in [0.1, 0.15) is 0 Å². The predicted molar refractivity (Wildman–Crippen MR) is 508 cm³/mol. The van der Waals surface area contributed by atoms with Crippen LogP contribution >= 0.6 is 0 Å². The second-order valence-corrected chi connectivity index (χ2v) is 32.4. The topological polar surface area (TPSA) is 13.0 Å². The summed E-state index contributed by atoms with van der Waals surface area (Å²) in [5, 5.41) is 0. The van der Waals surface area contributed by atoms with Gasteiger partial charge in [0, 0.05) is 73.7 Å². The largest absolute Gasteiger partial charge is 0.311 e. The van der Waals surface area contributed by atoms with Crippen molar-refractivity contribution in [1.29, 1.82) is 0 Å². The standard InChI is InChI=1S/C115H94N4/c1-83-30-64-102(65-31-83)118(106-72-58-95(59-73-106)91-50-40-86(41-51-91)33-32-84-36-46-89(47-37-84)93-54-68-104(69-55-93)116(98-20-10-6-11-21-98)99-22-12-7-13-23-99)108-76-62-97(63-77-108)114(2,3)81-80-88-44-66-103(67-45-88)119(109-78-79-111-110-28-18-19-29-112(110)115(4,5)113(111)82-109)107-74-60-96(61-75-107)92-52-42-87(43-53-92)35-34-85-38-48-90(49-39-85)94-56-70-105(71-57-94)117(100-24-14-8-15-25-100)101-26-16-9-17-27-101/h6-79,82H,80-81H2,1-5H3. The minimum atomic E-state index is -0.141. The van der Waals surface area contributed by atoms with E-state index in [4.69, 9.17) is 0 Å². The molecule has 0 radical (unpaired) electrons. The van der Waals surface area contributed by atoms with Crippen molar-refractivity contribution in [3.05, 3.63) is 481 Å². The Kier molecular flexibility index (Phi) is 21.5. The van der Waals surface area contributed by atoms with Gasteiger partial charge in [0.2, 0.25) is 0 Å². The molecule has 0 saturated carbocycles. The Morgan fingerprint density at radius 2 is 0.479 bits per heavy atom. The van der Waals surface area contributed by atoms with E-state index in [1.165, 1.54) is 83.5 Å². The Balaban J connectivity index is 0.523. The molecule has 574 valence electrons. The number of aryl methyl sites for hydroxylation is 2. The van der Waals surface area contributed by atoms with Crippen molar-refractivity contribution < 1.29 is 0 Å². The minimum Gasteiger partial charge on any atom is -0.311 e. The maximum atomic E-state index is 2.43. The molecule has 0 aromatic heterocycles. The van der Waals surface area contributed by atoms with E-state index in [0.717, 1.165) is 103 Å². The number of anilines is 12. The van der Waals surface area contributed by atoms with E-state index in [9.17, 15) is 0 Å². The summed E-state index contributed by atoms with van der Waals surface area (Å²) in [6.45, 7) is 11.7. The highest BCUT2D eigenvalue weighted by atomic mass is 15.2. The minimum absolute atomic E-state index is 0.0886. The van der Waals surface area contributed by atoms with Gasteiger partial charge >= 0.3 is 0 Å². The Morgan fingerprint density at radius 3 is 0.807 bits per heavy atom. The fraction of sp³-hybridized carbons (Fsp3) is 0.0783. The van der Waals surface area contributed by atoms with Crippen molar-refractivity contribution in [3.8, 4) is 55.6 Å². The summed E-state index contributed by atoms with van der Waals surface area (Å²) in [6, 6.07) is 157. The highest BCUT2D eigenvalue weighted by Crippen LogP contribution is 2.51. The number of nitrogens with zero attached hydrogens (tertiary/aromatic N) is 4. The maximum absolute atomic E-state index is 2.43. The van der Waals surface area contributed by atoms with Gasteiger partial charge in [-0.05, 0) is 271 Å². The van der Waals surface area contributed by atoms with E-state index in [2.05, 4.69) is 509 Å². The predicted octanol–water partition coefficient (Wildman–Crippen LogP) is 32.1. The van der Waals surface area contributed by atoms with Crippen LogP contribution < -0.4 is 19.6 Å². The van der Waals surface area contributed by atoms with E-state index in [1.54, 1.807) is 0 Å². The van der Waals surface area contributed by atoms with Crippen molar-refractivity contribution in [2.24, 2.45) is 0 Å². The molecule has 17 aromatic rings. The Morgan fingerprint density at radius 1 is 0.235 bits per heavy atom. The highest BCUT2D eigenvalue weighted by Gasteiger charge is 2.36. The second-order valence-electron chi connectivity index (χ2n) is 32.4. The number of hydrogen-bond donors (Lipinski definition) is 0.